The van der Waals surface area contributed by atoms with Crippen molar-refractivity contribution in [3.8, 4) is 11.8 Å². The molecular formula is C21H33NO4. The summed E-state index contributed by atoms with van der Waals surface area (Å²) < 4.78 is 4.62. The molecule has 0 radical (unpaired) electrons. The second-order valence-electron chi connectivity index (χ2n) is 6.92. The minimum atomic E-state index is -0.535. The summed E-state index contributed by atoms with van der Waals surface area (Å²) in [5, 5.41) is 10.2. The number of unbranched alkanes of at least 4 members (excludes halogenated alkanes) is 3. The number of hydrogen-bond donors (Lipinski definition) is 1. The standard InChI is InChI=1S/C21H33NO4/c1-4-5-10-17(2)19(23)14-12-18-13-15-20(24)22(18)16-9-7-6-8-11-21(25)26-3/h12,14,17-19,23H,6-11,13,15-16H2,1-3H3/b14-12+. The highest BCUT2D eigenvalue weighted by atomic mass is 16.5. The third-order valence-corrected chi connectivity index (χ3v) is 4.85. The molecule has 0 bridgehead atoms. The van der Waals surface area contributed by atoms with E-state index in [0.29, 0.717) is 19.3 Å². The number of aliphatic hydroxyl groups is 1. The van der Waals surface area contributed by atoms with Crippen molar-refractivity contribution >= 4 is 11.9 Å². The van der Waals surface area contributed by atoms with Gasteiger partial charge in [-0.3, -0.25) is 9.59 Å². The summed E-state index contributed by atoms with van der Waals surface area (Å²) in [6, 6.07) is 0.0803. The van der Waals surface area contributed by atoms with Crippen molar-refractivity contribution in [3.05, 3.63) is 12.2 Å². The molecule has 1 rings (SSSR count). The third-order valence-electron chi connectivity index (χ3n) is 4.85. The highest BCUT2D eigenvalue weighted by Crippen LogP contribution is 2.21. The second-order valence-corrected chi connectivity index (χ2v) is 6.92. The highest BCUT2D eigenvalue weighted by molar-refractivity contribution is 5.79. The Morgan fingerprint density at radius 3 is 2.81 bits per heavy atom. The Bertz CT molecular complexity index is 532. The average Bonchev–Trinajstić information content (AvgIpc) is 2.99. The van der Waals surface area contributed by atoms with Gasteiger partial charge in [-0.05, 0) is 32.1 Å². The first-order valence-corrected chi connectivity index (χ1v) is 9.61. The lowest BCUT2D eigenvalue weighted by Crippen LogP contribution is -2.33. The van der Waals surface area contributed by atoms with Crippen LogP contribution in [0.2, 0.25) is 0 Å². The zero-order valence-corrected chi connectivity index (χ0v) is 16.4. The SMILES string of the molecule is CC#CCC(C)C(O)/C=C/C1CCC(=O)N1CCCCCCC(=O)OC. The van der Waals surface area contributed by atoms with E-state index in [0.717, 1.165) is 38.6 Å². The molecule has 5 heteroatoms. The largest absolute Gasteiger partial charge is 0.469 e. The van der Waals surface area contributed by atoms with E-state index in [1.54, 1.807) is 6.92 Å². The van der Waals surface area contributed by atoms with Crippen molar-refractivity contribution in [2.75, 3.05) is 13.7 Å². The molecule has 0 saturated carbocycles. The van der Waals surface area contributed by atoms with E-state index in [9.17, 15) is 14.7 Å². The van der Waals surface area contributed by atoms with Crippen LogP contribution in [0, 0.1) is 17.8 Å². The fourth-order valence-electron chi connectivity index (χ4n) is 3.07. The maximum Gasteiger partial charge on any atom is 0.305 e. The number of carbonyl (C=O) groups is 2. The Hall–Kier alpha value is -1.80. The maximum atomic E-state index is 12.1. The van der Waals surface area contributed by atoms with Gasteiger partial charge in [0, 0.05) is 25.8 Å². The number of likely N-dealkylation sites (tertiary alicyclic amines) is 1. The van der Waals surface area contributed by atoms with Crippen molar-refractivity contribution in [2.24, 2.45) is 5.92 Å². The van der Waals surface area contributed by atoms with Crippen LogP contribution in [0.3, 0.4) is 0 Å². The number of rotatable bonds is 11. The minimum Gasteiger partial charge on any atom is -0.469 e. The van der Waals surface area contributed by atoms with Gasteiger partial charge >= 0.3 is 5.97 Å². The van der Waals surface area contributed by atoms with E-state index in [1.807, 2.05) is 24.0 Å². The lowest BCUT2D eigenvalue weighted by molar-refractivity contribution is -0.140. The normalized spacial score (nSPS) is 19.3. The van der Waals surface area contributed by atoms with E-state index in [-0.39, 0.29) is 23.8 Å². The molecule has 1 N–H and O–H groups in total. The van der Waals surface area contributed by atoms with Crippen molar-refractivity contribution in [1.29, 1.82) is 0 Å². The van der Waals surface area contributed by atoms with Crippen LogP contribution in [0.5, 0.6) is 0 Å². The van der Waals surface area contributed by atoms with Crippen LogP contribution in [-0.4, -0.2) is 47.7 Å². The smallest absolute Gasteiger partial charge is 0.305 e. The Balaban J connectivity index is 2.36. The number of aliphatic hydroxyl groups excluding tert-OH is 1. The van der Waals surface area contributed by atoms with Crippen LogP contribution in [0.15, 0.2) is 12.2 Å². The Labute approximate surface area is 157 Å². The first-order valence-electron chi connectivity index (χ1n) is 9.61. The van der Waals surface area contributed by atoms with Crippen molar-refractivity contribution in [3.63, 3.8) is 0 Å². The minimum absolute atomic E-state index is 0.0803. The van der Waals surface area contributed by atoms with Gasteiger partial charge in [-0.1, -0.05) is 31.9 Å². The van der Waals surface area contributed by atoms with Gasteiger partial charge in [0.1, 0.15) is 0 Å². The number of esters is 1. The molecule has 3 atom stereocenters. The highest BCUT2D eigenvalue weighted by Gasteiger charge is 2.28. The quantitative estimate of drug-likeness (QED) is 0.265. The number of hydrogen-bond acceptors (Lipinski definition) is 4. The number of nitrogens with zero attached hydrogens (tertiary/aromatic N) is 1. The Kier molecular flexibility index (Phi) is 10.7. The van der Waals surface area contributed by atoms with E-state index >= 15 is 0 Å². The molecule has 26 heavy (non-hydrogen) atoms. The van der Waals surface area contributed by atoms with Gasteiger partial charge < -0.3 is 14.7 Å². The Morgan fingerprint density at radius 2 is 2.12 bits per heavy atom. The van der Waals surface area contributed by atoms with E-state index in [2.05, 4.69) is 16.6 Å². The first-order chi connectivity index (χ1) is 12.5. The van der Waals surface area contributed by atoms with Gasteiger partial charge in [0.25, 0.3) is 0 Å². The molecule has 0 aliphatic carbocycles. The zero-order valence-electron chi connectivity index (χ0n) is 16.4. The monoisotopic (exact) mass is 363 g/mol. The summed E-state index contributed by atoms with van der Waals surface area (Å²) >= 11 is 0. The number of methoxy groups -OCH3 is 1. The van der Waals surface area contributed by atoms with Crippen molar-refractivity contribution in [2.45, 2.75) is 77.4 Å². The summed E-state index contributed by atoms with van der Waals surface area (Å²) in [6.45, 7) is 4.51. The van der Waals surface area contributed by atoms with Gasteiger partial charge in [-0.2, -0.15) is 0 Å². The fourth-order valence-corrected chi connectivity index (χ4v) is 3.07. The summed E-state index contributed by atoms with van der Waals surface area (Å²) in [6.07, 6.45) is 9.49. The molecule has 3 unspecified atom stereocenters. The topological polar surface area (TPSA) is 66.8 Å². The second kappa shape index (κ2) is 12.5. The molecule has 1 saturated heterocycles. The van der Waals surface area contributed by atoms with Crippen LogP contribution in [0.1, 0.15) is 65.2 Å². The number of amides is 1. The van der Waals surface area contributed by atoms with Crippen LogP contribution in [0.25, 0.3) is 0 Å². The molecule has 146 valence electrons. The molecule has 0 aromatic heterocycles. The molecule has 5 nitrogen and oxygen atoms in total. The molecule has 1 aliphatic rings. The summed E-state index contributed by atoms with van der Waals surface area (Å²) in [4.78, 5) is 25.1. The predicted octanol–water partition coefficient (Wildman–Crippen LogP) is 3.07. The van der Waals surface area contributed by atoms with Crippen molar-refractivity contribution in [1.82, 2.24) is 4.90 Å². The van der Waals surface area contributed by atoms with Crippen molar-refractivity contribution < 1.29 is 19.4 Å². The number of ether oxygens (including phenoxy) is 1. The van der Waals surface area contributed by atoms with Crippen LogP contribution >= 0.6 is 0 Å². The third kappa shape index (κ3) is 8.05. The van der Waals surface area contributed by atoms with E-state index < -0.39 is 6.10 Å². The van der Waals surface area contributed by atoms with Crippen LogP contribution in [-0.2, 0) is 14.3 Å². The molecule has 1 fully saturated rings. The Morgan fingerprint density at radius 1 is 1.38 bits per heavy atom. The zero-order chi connectivity index (χ0) is 19.4. The van der Waals surface area contributed by atoms with Gasteiger partial charge in [-0.15, -0.1) is 11.8 Å². The molecule has 1 heterocycles. The van der Waals surface area contributed by atoms with Gasteiger partial charge in [0.15, 0.2) is 0 Å². The lowest BCUT2D eigenvalue weighted by atomic mass is 10.00. The lowest BCUT2D eigenvalue weighted by Gasteiger charge is -2.23. The molecule has 0 spiro atoms. The van der Waals surface area contributed by atoms with Gasteiger partial charge in [0.05, 0.1) is 19.3 Å². The summed E-state index contributed by atoms with van der Waals surface area (Å²) in [5.41, 5.74) is 0. The molecule has 0 aromatic rings. The molecular weight excluding hydrogens is 330 g/mol. The predicted molar refractivity (Wildman–Crippen MR) is 102 cm³/mol. The molecule has 1 amide bonds. The first kappa shape index (κ1) is 22.2. The van der Waals surface area contributed by atoms with E-state index in [4.69, 9.17) is 0 Å². The number of carbonyl (C=O) groups excluding carboxylic acids is 2. The summed E-state index contributed by atoms with van der Waals surface area (Å²) in [5.74, 6) is 5.94. The fraction of sp³-hybridized carbons (Fsp3) is 0.714. The van der Waals surface area contributed by atoms with Gasteiger partial charge in [-0.25, -0.2) is 0 Å². The van der Waals surface area contributed by atoms with E-state index in [1.165, 1.54) is 7.11 Å². The van der Waals surface area contributed by atoms with Gasteiger partial charge in [0.2, 0.25) is 5.91 Å². The molecule has 1 aliphatic heterocycles. The maximum absolute atomic E-state index is 12.1. The molecule has 0 aromatic carbocycles. The summed E-state index contributed by atoms with van der Waals surface area (Å²) in [7, 11) is 1.41. The average molecular weight is 363 g/mol. The van der Waals surface area contributed by atoms with Crippen LogP contribution < -0.4 is 0 Å². The van der Waals surface area contributed by atoms with Crippen LogP contribution in [0.4, 0.5) is 0 Å².